The van der Waals surface area contributed by atoms with Crippen LogP contribution in [-0.4, -0.2) is 49.1 Å². The van der Waals surface area contributed by atoms with Crippen LogP contribution in [0.15, 0.2) is 29.4 Å². The maximum absolute atomic E-state index is 11.9. The van der Waals surface area contributed by atoms with E-state index < -0.39 is 24.1 Å². The topological polar surface area (TPSA) is 88.4 Å². The Kier molecular flexibility index (Phi) is 4.77. The zero-order chi connectivity index (χ0) is 16.3. The van der Waals surface area contributed by atoms with Gasteiger partial charge in [0, 0.05) is 6.42 Å². The normalized spacial score (nSPS) is 18.6. The highest BCUT2D eigenvalue weighted by Gasteiger charge is 2.36. The van der Waals surface area contributed by atoms with Gasteiger partial charge in [0.15, 0.2) is 0 Å². The minimum Gasteiger partial charge on any atom is -0.465 e. The lowest BCUT2D eigenvalue weighted by atomic mass is 10.0. The van der Waals surface area contributed by atoms with E-state index in [1.807, 2.05) is 0 Å². The number of benzene rings is 1. The molecule has 2 rings (SSSR count). The summed E-state index contributed by atoms with van der Waals surface area (Å²) in [6.45, 7) is 1.61. The summed E-state index contributed by atoms with van der Waals surface area (Å²) in [5.41, 5.74) is 0.984. The number of rotatable bonds is 4. The van der Waals surface area contributed by atoms with Crippen molar-refractivity contribution in [3.8, 4) is 0 Å². The Morgan fingerprint density at radius 2 is 1.91 bits per heavy atom. The Bertz CT molecular complexity index is 612. The van der Waals surface area contributed by atoms with E-state index in [0.717, 1.165) is 0 Å². The third-order valence-electron chi connectivity index (χ3n) is 3.48. The van der Waals surface area contributed by atoms with Crippen molar-refractivity contribution in [2.24, 2.45) is 5.10 Å². The minimum absolute atomic E-state index is 0.202. The van der Waals surface area contributed by atoms with Gasteiger partial charge in [-0.2, -0.15) is 5.10 Å². The van der Waals surface area contributed by atoms with E-state index in [2.05, 4.69) is 9.84 Å². The van der Waals surface area contributed by atoms with Crippen LogP contribution in [0.2, 0.25) is 0 Å². The monoisotopic (exact) mass is 306 g/mol. The number of hydrogen-bond donors (Lipinski definition) is 1. The molecular weight excluding hydrogens is 288 g/mol. The lowest BCUT2D eigenvalue weighted by molar-refractivity contribution is -0.132. The summed E-state index contributed by atoms with van der Waals surface area (Å²) >= 11 is 0. The van der Waals surface area contributed by atoms with E-state index in [1.54, 1.807) is 31.2 Å². The van der Waals surface area contributed by atoms with Crippen molar-refractivity contribution in [2.45, 2.75) is 25.5 Å². The fourth-order valence-corrected chi connectivity index (χ4v) is 2.33. The number of anilines is 1. The molecule has 0 fully saturated rings. The largest absolute Gasteiger partial charge is 0.465 e. The minimum atomic E-state index is -0.753. The fraction of sp³-hybridized carbons (Fsp3) is 0.400. The molecule has 22 heavy (non-hydrogen) atoms. The molecule has 0 aromatic heterocycles. The number of hydrogen-bond acceptors (Lipinski definition) is 7. The number of para-hydroxylation sites is 1. The second kappa shape index (κ2) is 6.57. The van der Waals surface area contributed by atoms with Crippen LogP contribution in [0.4, 0.5) is 5.69 Å². The fourth-order valence-electron chi connectivity index (χ4n) is 2.33. The number of methoxy groups -OCH3 is 2. The maximum atomic E-state index is 11.9. The molecule has 7 nitrogen and oxygen atoms in total. The molecular formula is C15H18N2O5. The van der Waals surface area contributed by atoms with Crippen LogP contribution in [-0.2, 0) is 14.3 Å². The van der Waals surface area contributed by atoms with Crippen LogP contribution in [0, 0.1) is 0 Å². The molecule has 1 N–H and O–H groups in total. The van der Waals surface area contributed by atoms with Gasteiger partial charge in [-0.05, 0) is 19.1 Å². The van der Waals surface area contributed by atoms with Crippen LogP contribution in [0.5, 0.6) is 0 Å². The van der Waals surface area contributed by atoms with Crippen molar-refractivity contribution in [1.82, 2.24) is 0 Å². The molecule has 2 atom stereocenters. The molecule has 1 heterocycles. The van der Waals surface area contributed by atoms with Crippen LogP contribution in [0.3, 0.4) is 0 Å². The van der Waals surface area contributed by atoms with Crippen LogP contribution >= 0.6 is 0 Å². The average molecular weight is 306 g/mol. The molecule has 0 bridgehead atoms. The molecule has 0 saturated heterocycles. The zero-order valence-electron chi connectivity index (χ0n) is 12.6. The molecule has 0 radical (unpaired) electrons. The van der Waals surface area contributed by atoms with E-state index in [9.17, 15) is 14.7 Å². The first kappa shape index (κ1) is 16.0. The number of nitrogens with zero attached hydrogens (tertiary/aromatic N) is 2. The van der Waals surface area contributed by atoms with Gasteiger partial charge < -0.3 is 14.6 Å². The predicted octanol–water partition coefficient (Wildman–Crippen LogP) is 0.962. The number of ether oxygens (including phenoxy) is 2. The highest BCUT2D eigenvalue weighted by atomic mass is 16.5. The lowest BCUT2D eigenvalue weighted by Crippen LogP contribution is -2.37. The van der Waals surface area contributed by atoms with Crippen LogP contribution < -0.4 is 5.01 Å². The molecule has 0 spiro atoms. The van der Waals surface area contributed by atoms with E-state index in [4.69, 9.17) is 4.74 Å². The zero-order valence-corrected chi connectivity index (χ0v) is 12.6. The maximum Gasteiger partial charge on any atom is 0.354 e. The standard InChI is InChI=1S/C15H18N2O5/c1-9(18)13-8-11(15(20)22-3)16-17(13)12-7-5-4-6-10(12)14(19)21-2/h4-7,9,13,18H,8H2,1-3H3/t9?,13-/m0/s1. The van der Waals surface area contributed by atoms with Crippen molar-refractivity contribution in [1.29, 1.82) is 0 Å². The summed E-state index contributed by atoms with van der Waals surface area (Å²) < 4.78 is 9.44. The first-order chi connectivity index (χ1) is 10.5. The quantitative estimate of drug-likeness (QED) is 0.834. The summed E-state index contributed by atoms with van der Waals surface area (Å²) in [5.74, 6) is -1.06. The summed E-state index contributed by atoms with van der Waals surface area (Å²) in [7, 11) is 2.56. The second-order valence-corrected chi connectivity index (χ2v) is 4.90. The SMILES string of the molecule is COC(=O)C1=NN(c2ccccc2C(=O)OC)[C@H](C(C)O)C1. The van der Waals surface area contributed by atoms with Gasteiger partial charge in [0.1, 0.15) is 5.71 Å². The van der Waals surface area contributed by atoms with Crippen molar-refractivity contribution in [2.75, 3.05) is 19.2 Å². The molecule has 1 aromatic rings. The summed E-state index contributed by atoms with van der Waals surface area (Å²) in [5, 5.41) is 15.7. The first-order valence-corrected chi connectivity index (χ1v) is 6.80. The number of esters is 2. The molecule has 7 heteroatoms. The van der Waals surface area contributed by atoms with Gasteiger partial charge in [-0.3, -0.25) is 5.01 Å². The Morgan fingerprint density at radius 3 is 2.50 bits per heavy atom. The highest BCUT2D eigenvalue weighted by molar-refractivity contribution is 6.37. The molecule has 1 aromatic carbocycles. The van der Waals surface area contributed by atoms with Crippen molar-refractivity contribution < 1.29 is 24.2 Å². The van der Waals surface area contributed by atoms with E-state index in [-0.39, 0.29) is 12.1 Å². The highest BCUT2D eigenvalue weighted by Crippen LogP contribution is 2.30. The number of carbonyl (C=O) groups excluding carboxylic acids is 2. The summed E-state index contributed by atoms with van der Waals surface area (Å²) in [6.07, 6.45) is -0.517. The Hall–Kier alpha value is -2.41. The van der Waals surface area contributed by atoms with Gasteiger partial charge in [-0.25, -0.2) is 9.59 Å². The summed E-state index contributed by atoms with van der Waals surface area (Å²) in [6, 6.07) is 6.28. The molecule has 1 aliphatic rings. The summed E-state index contributed by atoms with van der Waals surface area (Å²) in [4.78, 5) is 23.6. The Morgan fingerprint density at radius 1 is 1.27 bits per heavy atom. The first-order valence-electron chi connectivity index (χ1n) is 6.80. The Labute approximate surface area is 128 Å². The smallest absolute Gasteiger partial charge is 0.354 e. The molecule has 0 aliphatic carbocycles. The lowest BCUT2D eigenvalue weighted by Gasteiger charge is -2.26. The second-order valence-electron chi connectivity index (χ2n) is 4.90. The van der Waals surface area contributed by atoms with Crippen LogP contribution in [0.25, 0.3) is 0 Å². The number of hydrazone groups is 1. The van der Waals surface area contributed by atoms with E-state index >= 15 is 0 Å². The molecule has 0 saturated carbocycles. The van der Waals surface area contributed by atoms with Gasteiger partial charge in [0.05, 0.1) is 37.6 Å². The van der Waals surface area contributed by atoms with Gasteiger partial charge in [0.25, 0.3) is 0 Å². The van der Waals surface area contributed by atoms with Crippen molar-refractivity contribution in [3.63, 3.8) is 0 Å². The van der Waals surface area contributed by atoms with Gasteiger partial charge >= 0.3 is 11.9 Å². The number of carbonyl (C=O) groups is 2. The molecule has 1 aliphatic heterocycles. The molecule has 118 valence electrons. The van der Waals surface area contributed by atoms with Crippen LogP contribution in [0.1, 0.15) is 23.7 Å². The van der Waals surface area contributed by atoms with Crippen molar-refractivity contribution in [3.05, 3.63) is 29.8 Å². The van der Waals surface area contributed by atoms with E-state index in [0.29, 0.717) is 11.3 Å². The average Bonchev–Trinajstić information content (AvgIpc) is 2.98. The predicted molar refractivity (Wildman–Crippen MR) is 79.8 cm³/mol. The number of aliphatic hydroxyl groups excluding tert-OH is 1. The van der Waals surface area contributed by atoms with Gasteiger partial charge in [0.2, 0.25) is 0 Å². The third-order valence-corrected chi connectivity index (χ3v) is 3.48. The molecule has 1 unspecified atom stereocenters. The number of aliphatic hydroxyl groups is 1. The van der Waals surface area contributed by atoms with Gasteiger partial charge in [-0.15, -0.1) is 0 Å². The molecule has 0 amide bonds. The Balaban J connectivity index is 2.46. The van der Waals surface area contributed by atoms with E-state index in [1.165, 1.54) is 19.2 Å². The third kappa shape index (κ3) is 2.94. The van der Waals surface area contributed by atoms with Gasteiger partial charge in [-0.1, -0.05) is 12.1 Å². The van der Waals surface area contributed by atoms with Crippen molar-refractivity contribution >= 4 is 23.3 Å².